The molecule has 26 heavy (non-hydrogen) atoms. The molecule has 1 saturated carbocycles. The molecule has 0 atom stereocenters. The Morgan fingerprint density at radius 3 is 2.85 bits per heavy atom. The Kier molecular flexibility index (Phi) is 5.53. The van der Waals surface area contributed by atoms with E-state index in [0.29, 0.717) is 23.3 Å². The minimum absolute atomic E-state index is 0.414. The maximum Gasteiger partial charge on any atom is 0.213 e. The van der Waals surface area contributed by atoms with Crippen LogP contribution in [-0.4, -0.2) is 32.6 Å². The van der Waals surface area contributed by atoms with Gasteiger partial charge in [-0.25, -0.2) is 9.97 Å². The van der Waals surface area contributed by atoms with Crippen molar-refractivity contribution in [1.82, 2.24) is 15.0 Å². The van der Waals surface area contributed by atoms with Crippen LogP contribution in [-0.2, 0) is 10.4 Å². The predicted molar refractivity (Wildman–Crippen MR) is 101 cm³/mol. The largest absolute Gasteiger partial charge is 0.488 e. The van der Waals surface area contributed by atoms with Gasteiger partial charge in [0.1, 0.15) is 16.9 Å². The molecule has 1 aliphatic rings. The monoisotopic (exact) mass is 374 g/mol. The molecule has 2 aromatic heterocycles. The summed E-state index contributed by atoms with van der Waals surface area (Å²) < 4.78 is 5.84. The minimum atomic E-state index is -0.945. The minimum Gasteiger partial charge on any atom is -0.488 e. The number of fused-ring (bicyclic) bond motifs is 1. The fourth-order valence-corrected chi connectivity index (χ4v) is 3.20. The topological polar surface area (TPSA) is 100 Å². The number of rotatable bonds is 5. The first-order valence-electron chi connectivity index (χ1n) is 8.44. The van der Waals surface area contributed by atoms with Crippen molar-refractivity contribution in [2.24, 2.45) is 0 Å². The van der Waals surface area contributed by atoms with E-state index in [0.717, 1.165) is 16.8 Å². The fourth-order valence-electron chi connectivity index (χ4n) is 2.37. The molecule has 8 heteroatoms. The number of amides is 1. The van der Waals surface area contributed by atoms with Crippen LogP contribution in [0.5, 0.6) is 5.75 Å². The third-order valence-electron chi connectivity index (χ3n) is 4.07. The average molecular weight is 374 g/mol. The van der Waals surface area contributed by atoms with E-state index in [9.17, 15) is 9.90 Å². The van der Waals surface area contributed by atoms with Crippen LogP contribution in [0.1, 0.15) is 38.8 Å². The molecule has 1 amide bonds. The van der Waals surface area contributed by atoms with Gasteiger partial charge in [0.2, 0.25) is 6.41 Å². The van der Waals surface area contributed by atoms with Crippen molar-refractivity contribution < 1.29 is 14.6 Å². The second-order valence-corrected chi connectivity index (χ2v) is 7.44. The molecule has 1 aliphatic carbocycles. The van der Waals surface area contributed by atoms with Crippen LogP contribution in [0.15, 0.2) is 29.9 Å². The van der Waals surface area contributed by atoms with Gasteiger partial charge in [0.05, 0.1) is 23.6 Å². The number of carbonyl (C=O) groups is 1. The lowest BCUT2D eigenvalue weighted by Gasteiger charge is -2.26. The number of para-hydroxylation sites is 1. The Hall–Kier alpha value is -2.45. The van der Waals surface area contributed by atoms with E-state index in [1.54, 1.807) is 25.6 Å². The first-order chi connectivity index (χ1) is 12.5. The van der Waals surface area contributed by atoms with Crippen molar-refractivity contribution in [2.75, 3.05) is 5.32 Å². The van der Waals surface area contributed by atoms with Crippen LogP contribution in [0.3, 0.4) is 0 Å². The van der Waals surface area contributed by atoms with Gasteiger partial charge in [-0.3, -0.25) is 4.79 Å². The summed E-state index contributed by atoms with van der Waals surface area (Å²) in [5.74, 6) is 0.911. The van der Waals surface area contributed by atoms with Crippen LogP contribution in [0, 0.1) is 0 Å². The predicted octanol–water partition coefficient (Wildman–Crippen LogP) is 3.43. The molecule has 138 valence electrons. The van der Waals surface area contributed by atoms with E-state index in [4.69, 9.17) is 4.74 Å². The Bertz CT molecular complexity index is 865. The number of ether oxygens (including phenoxy) is 1. The van der Waals surface area contributed by atoms with Crippen LogP contribution < -0.4 is 10.1 Å². The summed E-state index contributed by atoms with van der Waals surface area (Å²) in [7, 11) is 0. The number of aromatic amines is 1. The number of H-pyrrole nitrogens is 1. The summed E-state index contributed by atoms with van der Waals surface area (Å²) in [4.78, 5) is 21.4. The fraction of sp³-hybridized carbons (Fsp3) is 0.389. The van der Waals surface area contributed by atoms with Gasteiger partial charge in [0, 0.05) is 5.38 Å². The van der Waals surface area contributed by atoms with Crippen molar-refractivity contribution in [3.8, 4) is 5.75 Å². The number of hydrogen-bond acceptors (Lipinski definition) is 6. The molecule has 7 nitrogen and oxygen atoms in total. The lowest BCUT2D eigenvalue weighted by atomic mass is 9.96. The van der Waals surface area contributed by atoms with Gasteiger partial charge in [-0.1, -0.05) is 6.07 Å². The molecule has 0 aliphatic heterocycles. The van der Waals surface area contributed by atoms with Crippen LogP contribution in [0.2, 0.25) is 0 Å². The first-order valence-corrected chi connectivity index (χ1v) is 9.32. The second-order valence-electron chi connectivity index (χ2n) is 6.58. The number of benzene rings is 1. The maximum atomic E-state index is 10.0. The molecule has 1 aromatic carbocycles. The molecule has 3 N–H and O–H groups in total. The highest BCUT2D eigenvalue weighted by Crippen LogP contribution is 2.29. The van der Waals surface area contributed by atoms with E-state index in [2.05, 4.69) is 20.3 Å². The van der Waals surface area contributed by atoms with Gasteiger partial charge >= 0.3 is 0 Å². The lowest BCUT2D eigenvalue weighted by molar-refractivity contribution is -0.105. The Morgan fingerprint density at radius 2 is 2.23 bits per heavy atom. The first kappa shape index (κ1) is 18.3. The van der Waals surface area contributed by atoms with Crippen LogP contribution >= 0.6 is 11.3 Å². The van der Waals surface area contributed by atoms with Crippen LogP contribution in [0.4, 0.5) is 5.13 Å². The third kappa shape index (κ3) is 4.39. The molecule has 0 spiro atoms. The molecule has 0 unspecified atom stereocenters. The molecule has 0 saturated heterocycles. The number of imidazole rings is 1. The highest BCUT2D eigenvalue weighted by molar-refractivity contribution is 7.13. The van der Waals surface area contributed by atoms with E-state index < -0.39 is 5.60 Å². The summed E-state index contributed by atoms with van der Waals surface area (Å²) in [6.45, 7) is 3.29. The zero-order valence-corrected chi connectivity index (χ0v) is 15.5. The van der Waals surface area contributed by atoms with Crippen LogP contribution in [0.25, 0.3) is 11.0 Å². The van der Waals surface area contributed by atoms with Crippen molar-refractivity contribution in [3.63, 3.8) is 0 Å². The molecule has 3 aromatic rings. The SMILES string of the molecule is CC(C)(O)c1csc(NC=O)n1.c1cc(OC2CCC2)c2nc[nH]c2c1. The number of aliphatic hydroxyl groups is 1. The van der Waals surface area contributed by atoms with Crippen molar-refractivity contribution in [1.29, 1.82) is 0 Å². The molecular formula is C18H22N4O3S. The second kappa shape index (κ2) is 7.84. The summed E-state index contributed by atoms with van der Waals surface area (Å²) >= 11 is 1.29. The van der Waals surface area contributed by atoms with Gasteiger partial charge in [0.15, 0.2) is 5.13 Å². The quantitative estimate of drug-likeness (QED) is 0.594. The van der Waals surface area contributed by atoms with Gasteiger partial charge in [-0.2, -0.15) is 0 Å². The summed E-state index contributed by atoms with van der Waals surface area (Å²) in [5.41, 5.74) is 1.61. The summed E-state index contributed by atoms with van der Waals surface area (Å²) in [5, 5.41) is 14.1. The third-order valence-corrected chi connectivity index (χ3v) is 4.85. The van der Waals surface area contributed by atoms with E-state index >= 15 is 0 Å². The highest BCUT2D eigenvalue weighted by Gasteiger charge is 2.20. The number of carbonyl (C=O) groups excluding carboxylic acids is 1. The molecular weight excluding hydrogens is 352 g/mol. The Balaban J connectivity index is 0.000000153. The molecule has 4 rings (SSSR count). The van der Waals surface area contributed by atoms with Gasteiger partial charge < -0.3 is 20.1 Å². The number of nitrogens with one attached hydrogen (secondary N) is 2. The van der Waals surface area contributed by atoms with E-state index in [1.165, 1.54) is 30.6 Å². The number of thiazole rings is 1. The van der Waals surface area contributed by atoms with E-state index in [-0.39, 0.29) is 0 Å². The van der Waals surface area contributed by atoms with Crippen molar-refractivity contribution in [3.05, 3.63) is 35.6 Å². The summed E-state index contributed by atoms with van der Waals surface area (Å²) in [6.07, 6.45) is 6.34. The highest BCUT2D eigenvalue weighted by atomic mass is 32.1. The smallest absolute Gasteiger partial charge is 0.213 e. The zero-order valence-electron chi connectivity index (χ0n) is 14.7. The summed E-state index contributed by atoms with van der Waals surface area (Å²) in [6, 6.07) is 5.99. The molecule has 2 heterocycles. The lowest BCUT2D eigenvalue weighted by Crippen LogP contribution is -2.24. The normalized spacial score (nSPS) is 14.3. The number of hydrogen-bond donors (Lipinski definition) is 3. The molecule has 0 radical (unpaired) electrons. The number of nitrogens with zero attached hydrogens (tertiary/aromatic N) is 2. The van der Waals surface area contributed by atoms with Gasteiger partial charge in [-0.05, 0) is 45.2 Å². The van der Waals surface area contributed by atoms with Gasteiger partial charge in [-0.15, -0.1) is 11.3 Å². The molecule has 1 fully saturated rings. The Morgan fingerprint density at radius 1 is 1.42 bits per heavy atom. The zero-order chi connectivity index (χ0) is 18.6. The standard InChI is InChI=1S/C11H12N2O.C7H10N2O2S/c1-3-8(4-1)14-10-6-2-5-9-11(10)13-7-12-9;1-7(2,11)5-3-12-6(9-5)8-4-10/h2,5-8H,1,3-4H2,(H,12,13);3-4,11H,1-2H3,(H,8,9,10). The number of aromatic nitrogens is 3. The molecule has 0 bridgehead atoms. The van der Waals surface area contributed by atoms with E-state index in [1.807, 2.05) is 18.2 Å². The Labute approximate surface area is 155 Å². The van der Waals surface area contributed by atoms with Gasteiger partial charge in [0.25, 0.3) is 0 Å². The van der Waals surface area contributed by atoms with Crippen molar-refractivity contribution in [2.45, 2.75) is 44.8 Å². The van der Waals surface area contributed by atoms with Crippen molar-refractivity contribution >= 4 is 33.9 Å². The average Bonchev–Trinajstić information content (AvgIpc) is 3.20. The maximum absolute atomic E-state index is 10.0. The number of anilines is 1.